The lowest BCUT2D eigenvalue weighted by molar-refractivity contribution is 0.347. The van der Waals surface area contributed by atoms with Gasteiger partial charge in [0.2, 0.25) is 0 Å². The molecule has 1 heterocycles. The normalized spacial score (nSPS) is 26.5. The van der Waals surface area contributed by atoms with Gasteiger partial charge in [-0.25, -0.2) is 4.99 Å². The molecule has 1 fully saturated rings. The number of unbranched alkanes of at least 4 members (excludes halogenated alkanes) is 2. The molecule has 0 spiro atoms. The Morgan fingerprint density at radius 2 is 1.48 bits per heavy atom. The van der Waals surface area contributed by atoms with E-state index in [-0.39, 0.29) is 5.84 Å². The number of nitrogens with two attached hydrogens (primary N) is 1. The molecule has 1 aromatic rings. The summed E-state index contributed by atoms with van der Waals surface area (Å²) >= 11 is 3.30. The number of aliphatic imine (C=N–C) groups is 1. The van der Waals surface area contributed by atoms with Crippen molar-refractivity contribution in [2.24, 2.45) is 21.6 Å². The van der Waals surface area contributed by atoms with Gasteiger partial charge in [0.1, 0.15) is 22.4 Å². The molecule has 1 aliphatic heterocycles. The van der Waals surface area contributed by atoms with Crippen LogP contribution in [-0.2, 0) is 0 Å². The van der Waals surface area contributed by atoms with Crippen molar-refractivity contribution in [3.05, 3.63) is 17.7 Å². The molecule has 1 aliphatic carbocycles. The second-order valence-corrected chi connectivity index (χ2v) is 11.0. The first kappa shape index (κ1) is 25.4. The average Bonchev–Trinajstić information content (AvgIpc) is 3.41. The lowest BCUT2D eigenvalue weighted by atomic mass is 9.97. The molecule has 3 unspecified atom stereocenters. The molecule has 3 atom stereocenters. The number of nitriles is 2. The molecular weight excluding hydrogens is 456 g/mol. The van der Waals surface area contributed by atoms with Crippen molar-refractivity contribution < 1.29 is 14.2 Å². The van der Waals surface area contributed by atoms with Crippen molar-refractivity contribution in [2.45, 2.75) is 49.7 Å². The molecule has 1 aromatic carbocycles. The molecule has 0 amide bonds. The molecule has 178 valence electrons. The average molecular weight is 489 g/mol. The predicted octanol–water partition coefficient (Wildman–Crippen LogP) is 4.92. The minimum Gasteiger partial charge on any atom is -0.496 e. The number of hydrogen-bond acceptors (Lipinski definition) is 9. The number of benzene rings is 1. The molecule has 0 aromatic heterocycles. The van der Waals surface area contributed by atoms with Crippen molar-refractivity contribution in [1.82, 2.24) is 0 Å². The van der Waals surface area contributed by atoms with Gasteiger partial charge in [0.25, 0.3) is 0 Å². The number of rotatable bonds is 12. The predicted molar refractivity (Wildman–Crippen MR) is 134 cm³/mol. The van der Waals surface area contributed by atoms with Crippen LogP contribution in [0.3, 0.4) is 0 Å². The van der Waals surface area contributed by atoms with E-state index in [1.54, 1.807) is 50.9 Å². The highest BCUT2D eigenvalue weighted by molar-refractivity contribution is 8.18. The van der Waals surface area contributed by atoms with Crippen molar-refractivity contribution in [2.75, 3.05) is 32.8 Å². The molecule has 2 aliphatic rings. The van der Waals surface area contributed by atoms with Crippen molar-refractivity contribution in [3.8, 4) is 29.4 Å². The van der Waals surface area contributed by atoms with Crippen LogP contribution >= 0.6 is 23.5 Å². The Balaban J connectivity index is 2.20. The maximum Gasteiger partial charge on any atom is 0.175 e. The smallest absolute Gasteiger partial charge is 0.175 e. The van der Waals surface area contributed by atoms with Gasteiger partial charge in [0.15, 0.2) is 15.7 Å². The molecule has 0 saturated heterocycles. The summed E-state index contributed by atoms with van der Waals surface area (Å²) in [6.07, 6.45) is 4.08. The van der Waals surface area contributed by atoms with Crippen molar-refractivity contribution >= 4 is 29.4 Å². The third kappa shape index (κ3) is 3.52. The first-order valence-electron chi connectivity index (χ1n) is 11.2. The minimum atomic E-state index is -1.22. The summed E-state index contributed by atoms with van der Waals surface area (Å²) < 4.78 is 15.8. The first-order chi connectivity index (χ1) is 15.9. The van der Waals surface area contributed by atoms with E-state index < -0.39 is 21.0 Å². The number of fused-ring (bicyclic) bond motifs is 1. The number of thioether (sulfide) groups is 2. The summed E-state index contributed by atoms with van der Waals surface area (Å²) in [6, 6.07) is 8.53. The van der Waals surface area contributed by atoms with Crippen LogP contribution < -0.4 is 19.9 Å². The first-order valence-corrected chi connectivity index (χ1v) is 13.2. The molecule has 0 radical (unpaired) electrons. The number of methoxy groups -OCH3 is 3. The zero-order valence-corrected chi connectivity index (χ0v) is 21.6. The third-order valence-electron chi connectivity index (χ3n) is 6.57. The van der Waals surface area contributed by atoms with E-state index in [2.05, 4.69) is 26.0 Å². The second-order valence-electron chi connectivity index (χ2n) is 8.20. The SMILES string of the molecule is CCCCSC1(SCCCC)N=C(N)C2(C#N)C(c3cc(OC)c(OC)cc3OC)C12C#N. The largest absolute Gasteiger partial charge is 0.496 e. The molecule has 2 N–H and O–H groups in total. The Bertz CT molecular complexity index is 993. The second kappa shape index (κ2) is 9.95. The number of ether oxygens (including phenoxy) is 3. The highest BCUT2D eigenvalue weighted by Crippen LogP contribution is 2.86. The van der Waals surface area contributed by atoms with Gasteiger partial charge in [-0.1, -0.05) is 26.7 Å². The third-order valence-corrected chi connectivity index (χ3v) is 9.87. The Labute approximate surface area is 205 Å². The van der Waals surface area contributed by atoms with Crippen molar-refractivity contribution in [1.29, 1.82) is 10.5 Å². The molecule has 7 nitrogen and oxygen atoms in total. The van der Waals surface area contributed by atoms with Gasteiger partial charge in [-0.3, -0.25) is 0 Å². The van der Waals surface area contributed by atoms with Gasteiger partial charge < -0.3 is 19.9 Å². The lowest BCUT2D eigenvalue weighted by Crippen LogP contribution is -2.32. The maximum atomic E-state index is 10.7. The molecule has 0 bridgehead atoms. The van der Waals surface area contributed by atoms with E-state index in [1.807, 2.05) is 6.07 Å². The van der Waals surface area contributed by atoms with E-state index in [0.717, 1.165) is 37.2 Å². The molecular formula is C24H32N4O3S2. The van der Waals surface area contributed by atoms with Crippen LogP contribution in [0.2, 0.25) is 0 Å². The van der Waals surface area contributed by atoms with E-state index >= 15 is 0 Å². The highest BCUT2D eigenvalue weighted by Gasteiger charge is 2.92. The van der Waals surface area contributed by atoms with Gasteiger partial charge in [-0.05, 0) is 30.4 Å². The fourth-order valence-electron chi connectivity index (χ4n) is 4.81. The zero-order valence-electron chi connectivity index (χ0n) is 19.9. The van der Waals surface area contributed by atoms with Crippen LogP contribution in [0.5, 0.6) is 17.2 Å². The van der Waals surface area contributed by atoms with Gasteiger partial charge in [0.05, 0.1) is 33.5 Å². The number of nitrogens with zero attached hydrogens (tertiary/aromatic N) is 3. The highest BCUT2D eigenvalue weighted by atomic mass is 32.2. The van der Waals surface area contributed by atoms with Crippen LogP contribution in [0.1, 0.15) is 51.0 Å². The van der Waals surface area contributed by atoms with Gasteiger partial charge in [0, 0.05) is 17.5 Å². The Hall–Kier alpha value is -2.23. The van der Waals surface area contributed by atoms with Crippen LogP contribution in [0.4, 0.5) is 0 Å². The minimum absolute atomic E-state index is 0.237. The van der Waals surface area contributed by atoms with Crippen LogP contribution in [-0.4, -0.2) is 42.9 Å². The Morgan fingerprint density at radius 1 is 0.939 bits per heavy atom. The summed E-state index contributed by atoms with van der Waals surface area (Å²) in [5, 5.41) is 21.2. The number of amidine groups is 1. The standard InChI is InChI=1S/C24H32N4O3S2/c1-6-8-10-32-24(33-11-9-7-2)23(15-26)20(22(23,14-25)21(27)28-24)16-12-18(30-4)19(31-5)13-17(16)29-3/h12-13,20H,6-11H2,1-5H3,(H2,27,28). The summed E-state index contributed by atoms with van der Waals surface area (Å²) in [5.41, 5.74) is 4.90. The van der Waals surface area contributed by atoms with Crippen LogP contribution in [0.15, 0.2) is 17.1 Å². The summed E-state index contributed by atoms with van der Waals surface area (Å²) in [4.78, 5) is 4.87. The van der Waals surface area contributed by atoms with Gasteiger partial charge >= 0.3 is 0 Å². The summed E-state index contributed by atoms with van der Waals surface area (Å²) in [7, 11) is 4.68. The van der Waals surface area contributed by atoms with E-state index in [0.29, 0.717) is 22.8 Å². The molecule has 3 rings (SSSR count). The van der Waals surface area contributed by atoms with E-state index in [1.165, 1.54) is 0 Å². The number of hydrogen-bond donors (Lipinski definition) is 1. The van der Waals surface area contributed by atoms with E-state index in [9.17, 15) is 10.5 Å². The topological polar surface area (TPSA) is 114 Å². The molecule has 9 heteroatoms. The summed E-state index contributed by atoms with van der Waals surface area (Å²) in [5.74, 6) is 2.99. The summed E-state index contributed by atoms with van der Waals surface area (Å²) in [6.45, 7) is 4.27. The fourth-order valence-corrected chi connectivity index (χ4v) is 8.50. The van der Waals surface area contributed by atoms with Crippen LogP contribution in [0, 0.1) is 33.5 Å². The molecule has 33 heavy (non-hydrogen) atoms. The fraction of sp³-hybridized carbons (Fsp3) is 0.625. The monoisotopic (exact) mass is 488 g/mol. The lowest BCUT2D eigenvalue weighted by Gasteiger charge is -2.32. The van der Waals surface area contributed by atoms with Gasteiger partial charge in [-0.2, -0.15) is 10.5 Å². The van der Waals surface area contributed by atoms with Gasteiger partial charge in [-0.15, -0.1) is 23.5 Å². The van der Waals surface area contributed by atoms with Crippen LogP contribution in [0.25, 0.3) is 0 Å². The quantitative estimate of drug-likeness (QED) is 0.326. The molecule has 1 saturated carbocycles. The Morgan fingerprint density at radius 3 is 1.94 bits per heavy atom. The van der Waals surface area contributed by atoms with E-state index in [4.69, 9.17) is 24.9 Å². The maximum absolute atomic E-state index is 10.7. The van der Waals surface area contributed by atoms with Crippen molar-refractivity contribution in [3.63, 3.8) is 0 Å². The zero-order chi connectivity index (χ0) is 24.3. The Kier molecular flexibility index (Phi) is 7.65.